The van der Waals surface area contributed by atoms with Crippen molar-refractivity contribution in [2.45, 2.75) is 16.2 Å². The standard InChI is InChI=1S/C36H41N5O8S4/c1-39(2)28-14-6-12-26-24(28)10-8-16-30(26)52(45,46)37-19-22-50-33-34(36(44)41(35(33)43)21-18-32(42)49-5)51-23-20-38-53(47,48)31-17-9-11-25-27(31)13-7-15-29(25)40(3)4/h6-17,37-38H,18-23H2,1-5H3. The molecule has 5 rings (SSSR count). The van der Waals surface area contributed by atoms with Gasteiger partial charge in [0.2, 0.25) is 20.0 Å². The Morgan fingerprint density at radius 2 is 1.06 bits per heavy atom. The number of methoxy groups -OCH3 is 1. The molecule has 0 aliphatic carbocycles. The quantitative estimate of drug-likeness (QED) is 0.0899. The summed E-state index contributed by atoms with van der Waals surface area (Å²) >= 11 is 2.03. The van der Waals surface area contributed by atoms with Crippen LogP contribution in [0.3, 0.4) is 0 Å². The fourth-order valence-corrected chi connectivity index (χ4v) is 10.7. The van der Waals surface area contributed by atoms with Crippen LogP contribution in [0.4, 0.5) is 11.4 Å². The monoisotopic (exact) mass is 799 g/mol. The van der Waals surface area contributed by atoms with Crippen molar-refractivity contribution in [3.05, 3.63) is 82.6 Å². The van der Waals surface area contributed by atoms with Gasteiger partial charge in [0.15, 0.2) is 0 Å². The van der Waals surface area contributed by atoms with Crippen molar-refractivity contribution >= 4 is 94.3 Å². The number of carbonyl (C=O) groups excluding carboxylic acids is 3. The van der Waals surface area contributed by atoms with Gasteiger partial charge in [0.25, 0.3) is 11.8 Å². The number of anilines is 2. The number of benzene rings is 4. The highest BCUT2D eigenvalue weighted by molar-refractivity contribution is 8.08. The maximum Gasteiger partial charge on any atom is 0.307 e. The van der Waals surface area contributed by atoms with Crippen molar-refractivity contribution < 1.29 is 36.0 Å². The zero-order valence-electron chi connectivity index (χ0n) is 29.9. The van der Waals surface area contributed by atoms with Crippen molar-refractivity contribution in [3.8, 4) is 0 Å². The Kier molecular flexibility index (Phi) is 12.8. The van der Waals surface area contributed by atoms with Crippen molar-refractivity contribution in [1.82, 2.24) is 14.3 Å². The molecule has 1 heterocycles. The van der Waals surface area contributed by atoms with Gasteiger partial charge in [0.05, 0.1) is 33.1 Å². The van der Waals surface area contributed by atoms with Gasteiger partial charge in [-0.2, -0.15) is 0 Å². The van der Waals surface area contributed by atoms with Gasteiger partial charge in [0, 0.05) is 92.3 Å². The van der Waals surface area contributed by atoms with Crippen LogP contribution in [0.2, 0.25) is 0 Å². The number of carbonyl (C=O) groups is 3. The van der Waals surface area contributed by atoms with Gasteiger partial charge in [-0.15, -0.1) is 23.5 Å². The number of hydrogen-bond acceptors (Lipinski definition) is 12. The normalized spacial score (nSPS) is 13.7. The predicted octanol–water partition coefficient (Wildman–Crippen LogP) is 3.99. The fraction of sp³-hybridized carbons (Fsp3) is 0.306. The van der Waals surface area contributed by atoms with E-state index in [1.807, 2.05) is 62.3 Å². The SMILES string of the molecule is COC(=O)CCN1C(=O)C(SCCNS(=O)(=O)c2cccc3c(N(C)C)cccc23)=C(SCCNS(=O)(=O)c2cccc3c(N(C)C)cccc23)C1=O. The minimum atomic E-state index is -3.95. The predicted molar refractivity (Wildman–Crippen MR) is 212 cm³/mol. The molecule has 2 amide bonds. The van der Waals surface area contributed by atoms with Gasteiger partial charge < -0.3 is 14.5 Å². The number of imide groups is 1. The Labute approximate surface area is 318 Å². The second-order valence-corrected chi connectivity index (χ2v) is 18.0. The number of nitrogens with zero attached hydrogens (tertiary/aromatic N) is 3. The third-order valence-corrected chi connectivity index (χ3v) is 13.7. The molecule has 0 saturated heterocycles. The van der Waals surface area contributed by atoms with Crippen molar-refractivity contribution in [3.63, 3.8) is 0 Å². The molecule has 0 spiro atoms. The molecular formula is C36H41N5O8S4. The molecule has 2 N–H and O–H groups in total. The molecule has 0 atom stereocenters. The number of rotatable bonds is 17. The summed E-state index contributed by atoms with van der Waals surface area (Å²) in [7, 11) is 0.812. The van der Waals surface area contributed by atoms with Crippen LogP contribution in [0.15, 0.2) is 92.4 Å². The summed E-state index contributed by atoms with van der Waals surface area (Å²) < 4.78 is 63.6. The minimum Gasteiger partial charge on any atom is -0.469 e. The highest BCUT2D eigenvalue weighted by Crippen LogP contribution is 2.37. The zero-order chi connectivity index (χ0) is 38.5. The number of thioether (sulfide) groups is 2. The van der Waals surface area contributed by atoms with Crippen LogP contribution in [-0.4, -0.2) is 106 Å². The van der Waals surface area contributed by atoms with E-state index in [4.69, 9.17) is 0 Å². The molecule has 282 valence electrons. The second-order valence-electron chi connectivity index (χ2n) is 12.3. The summed E-state index contributed by atoms with van der Waals surface area (Å²) in [5.74, 6) is -1.61. The molecule has 0 fully saturated rings. The van der Waals surface area contributed by atoms with Gasteiger partial charge >= 0.3 is 5.97 Å². The van der Waals surface area contributed by atoms with Gasteiger partial charge in [0.1, 0.15) is 0 Å². The first-order valence-electron chi connectivity index (χ1n) is 16.5. The molecule has 1 aliphatic heterocycles. The summed E-state index contributed by atoms with van der Waals surface area (Å²) in [6.45, 7) is -0.311. The van der Waals surface area contributed by atoms with Crippen LogP contribution in [0.1, 0.15) is 6.42 Å². The maximum atomic E-state index is 13.5. The van der Waals surface area contributed by atoms with E-state index < -0.39 is 37.8 Å². The summed E-state index contributed by atoms with van der Waals surface area (Å²) in [6, 6.07) is 21.0. The van der Waals surface area contributed by atoms with Crippen molar-refractivity contribution in [2.75, 3.05) is 76.2 Å². The summed E-state index contributed by atoms with van der Waals surface area (Å²) in [4.78, 5) is 43.9. The topological polar surface area (TPSA) is 162 Å². The molecule has 0 unspecified atom stereocenters. The van der Waals surface area contributed by atoms with Crippen LogP contribution in [0.25, 0.3) is 21.5 Å². The largest absolute Gasteiger partial charge is 0.469 e. The molecule has 1 aliphatic rings. The number of amides is 2. The van der Waals surface area contributed by atoms with Gasteiger partial charge in [-0.25, -0.2) is 26.3 Å². The van der Waals surface area contributed by atoms with Gasteiger partial charge in [-0.05, 0) is 24.3 Å². The lowest BCUT2D eigenvalue weighted by Crippen LogP contribution is -2.33. The van der Waals surface area contributed by atoms with Crippen molar-refractivity contribution in [2.24, 2.45) is 0 Å². The number of esters is 1. The van der Waals surface area contributed by atoms with Gasteiger partial charge in [-0.1, -0.05) is 48.5 Å². The van der Waals surface area contributed by atoms with E-state index in [0.29, 0.717) is 10.8 Å². The fourth-order valence-electron chi connectivity index (χ4n) is 5.89. The average Bonchev–Trinajstić information content (AvgIpc) is 3.35. The van der Waals surface area contributed by atoms with E-state index in [0.717, 1.165) is 50.6 Å². The third-order valence-electron chi connectivity index (χ3n) is 8.39. The summed E-state index contributed by atoms with van der Waals surface area (Å²) in [5.41, 5.74) is 1.74. The summed E-state index contributed by atoms with van der Waals surface area (Å²) in [5, 5.41) is 2.68. The lowest BCUT2D eigenvalue weighted by molar-refractivity contribution is -0.142. The summed E-state index contributed by atoms with van der Waals surface area (Å²) in [6.07, 6.45) is -0.204. The number of sulfonamides is 2. The number of nitrogens with one attached hydrogen (secondary N) is 2. The van der Waals surface area contributed by atoms with E-state index in [1.165, 1.54) is 19.2 Å². The van der Waals surface area contributed by atoms with E-state index >= 15 is 0 Å². The maximum absolute atomic E-state index is 13.5. The number of fused-ring (bicyclic) bond motifs is 2. The Hall–Kier alpha value is -4.13. The highest BCUT2D eigenvalue weighted by atomic mass is 32.2. The molecule has 13 nitrogen and oxygen atoms in total. The Morgan fingerprint density at radius 3 is 1.45 bits per heavy atom. The first kappa shape index (κ1) is 40.1. The van der Waals surface area contributed by atoms with Crippen molar-refractivity contribution in [1.29, 1.82) is 0 Å². The molecule has 4 aromatic rings. The van der Waals surface area contributed by atoms with Crippen LogP contribution < -0.4 is 19.2 Å². The van der Waals surface area contributed by atoms with E-state index in [9.17, 15) is 31.2 Å². The Balaban J connectivity index is 1.28. The van der Waals surface area contributed by atoms with Gasteiger partial charge in [-0.3, -0.25) is 19.3 Å². The van der Waals surface area contributed by atoms with E-state index in [-0.39, 0.29) is 57.2 Å². The molecule has 53 heavy (non-hydrogen) atoms. The molecule has 0 radical (unpaired) electrons. The number of hydrogen-bond donors (Lipinski definition) is 2. The molecular weight excluding hydrogens is 759 g/mol. The van der Waals surface area contributed by atoms with E-state index in [2.05, 4.69) is 14.2 Å². The molecule has 17 heteroatoms. The smallest absolute Gasteiger partial charge is 0.307 e. The highest BCUT2D eigenvalue weighted by Gasteiger charge is 2.39. The second kappa shape index (κ2) is 16.9. The van der Waals surface area contributed by atoms with Crippen LogP contribution in [0, 0.1) is 0 Å². The lowest BCUT2D eigenvalue weighted by atomic mass is 10.1. The van der Waals surface area contributed by atoms with Crippen LogP contribution >= 0.6 is 23.5 Å². The molecule has 0 aromatic heterocycles. The zero-order valence-corrected chi connectivity index (χ0v) is 33.2. The van der Waals surface area contributed by atoms with Crippen LogP contribution in [0.5, 0.6) is 0 Å². The molecule has 4 aromatic carbocycles. The first-order chi connectivity index (χ1) is 25.2. The Morgan fingerprint density at radius 1 is 0.660 bits per heavy atom. The average molecular weight is 800 g/mol. The Bertz CT molecular complexity index is 2160. The van der Waals surface area contributed by atoms with Crippen LogP contribution in [-0.2, 0) is 39.2 Å². The number of ether oxygens (including phenoxy) is 1. The first-order valence-corrected chi connectivity index (χ1v) is 21.4. The third kappa shape index (κ3) is 8.82. The van der Waals surface area contributed by atoms with E-state index in [1.54, 1.807) is 36.4 Å². The molecule has 0 saturated carbocycles. The lowest BCUT2D eigenvalue weighted by Gasteiger charge is -2.17. The molecule has 0 bridgehead atoms. The minimum absolute atomic E-state index is 0.0534.